The summed E-state index contributed by atoms with van der Waals surface area (Å²) in [6.45, 7) is 5.73. The molecule has 3 rings (SSSR count). The van der Waals surface area contributed by atoms with Gasteiger partial charge in [-0.05, 0) is 43.2 Å². The van der Waals surface area contributed by atoms with E-state index >= 15 is 0 Å². The van der Waals surface area contributed by atoms with E-state index in [0.717, 1.165) is 22.6 Å². The smallest absolute Gasteiger partial charge is 0.243 e. The zero-order valence-electron chi connectivity index (χ0n) is 15.0. The molecule has 0 spiro atoms. The average molecular weight is 377 g/mol. The number of carbonyl (C=O) groups excluding carboxylic acids is 1. The molecular weight excluding hydrogens is 352 g/mol. The average Bonchev–Trinajstić information content (AvgIpc) is 2.65. The molecule has 2 aromatic carbocycles. The van der Waals surface area contributed by atoms with Gasteiger partial charge >= 0.3 is 0 Å². The Hall–Kier alpha value is -2.08. The lowest BCUT2D eigenvalue weighted by atomic mass is 10.1. The Balaban J connectivity index is 0.00000243. The Morgan fingerprint density at radius 3 is 2.69 bits per heavy atom. The van der Waals surface area contributed by atoms with Crippen molar-refractivity contribution in [2.75, 3.05) is 25.1 Å². The second-order valence-corrected chi connectivity index (χ2v) is 6.22. The maximum absolute atomic E-state index is 12.3. The van der Waals surface area contributed by atoms with Crippen LogP contribution in [0.3, 0.4) is 0 Å². The summed E-state index contributed by atoms with van der Waals surface area (Å²) in [4.78, 5) is 12.3. The fraction of sp³-hybridized carbons (Fsp3) is 0.350. The number of carbonyl (C=O) groups is 1. The quantitative estimate of drug-likeness (QED) is 0.838. The number of nitrogens with one attached hydrogen (secondary N) is 2. The second-order valence-electron chi connectivity index (χ2n) is 6.22. The Morgan fingerprint density at radius 2 is 2.04 bits per heavy atom. The third-order valence-corrected chi connectivity index (χ3v) is 4.28. The van der Waals surface area contributed by atoms with Gasteiger partial charge in [-0.3, -0.25) is 4.79 Å². The highest BCUT2D eigenvalue weighted by atomic mass is 35.5. The molecule has 1 amide bonds. The van der Waals surface area contributed by atoms with Crippen molar-refractivity contribution in [2.45, 2.75) is 26.0 Å². The summed E-state index contributed by atoms with van der Waals surface area (Å²) in [5.41, 5.74) is 2.88. The largest absolute Gasteiger partial charge is 0.486 e. The highest BCUT2D eigenvalue weighted by Crippen LogP contribution is 2.26. The number of hydrogen-bond acceptors (Lipinski definition) is 4. The summed E-state index contributed by atoms with van der Waals surface area (Å²) in [5.74, 6) is 0.708. The molecule has 26 heavy (non-hydrogen) atoms. The van der Waals surface area contributed by atoms with E-state index < -0.39 is 0 Å². The first-order valence-corrected chi connectivity index (χ1v) is 8.58. The number of amides is 1. The van der Waals surface area contributed by atoms with Crippen molar-refractivity contribution in [3.8, 4) is 5.75 Å². The molecule has 2 N–H and O–H groups in total. The number of rotatable bonds is 5. The summed E-state index contributed by atoms with van der Waals surface area (Å²) in [6.07, 6.45) is -0.0374. The SMILES string of the molecule is Cc1cc(OC(C)c2ccccc2)ccc1NC(=O)C1COCCN1.Cl. The first-order chi connectivity index (χ1) is 12.1. The van der Waals surface area contributed by atoms with Gasteiger partial charge in [-0.2, -0.15) is 0 Å². The summed E-state index contributed by atoms with van der Waals surface area (Å²) in [7, 11) is 0. The van der Waals surface area contributed by atoms with Gasteiger partial charge in [0.2, 0.25) is 5.91 Å². The van der Waals surface area contributed by atoms with Gasteiger partial charge in [-0.15, -0.1) is 12.4 Å². The Morgan fingerprint density at radius 1 is 1.27 bits per heavy atom. The van der Waals surface area contributed by atoms with E-state index in [4.69, 9.17) is 9.47 Å². The first kappa shape index (κ1) is 20.2. The van der Waals surface area contributed by atoms with Crippen molar-refractivity contribution in [3.63, 3.8) is 0 Å². The molecule has 2 aromatic rings. The molecule has 2 unspecified atom stereocenters. The van der Waals surface area contributed by atoms with Crippen LogP contribution < -0.4 is 15.4 Å². The molecule has 0 radical (unpaired) electrons. The van der Waals surface area contributed by atoms with Gasteiger partial charge in [0, 0.05) is 12.2 Å². The molecule has 0 bridgehead atoms. The van der Waals surface area contributed by atoms with Crippen LogP contribution in [0, 0.1) is 6.92 Å². The highest BCUT2D eigenvalue weighted by Gasteiger charge is 2.21. The summed E-state index contributed by atoms with van der Waals surface area (Å²) >= 11 is 0. The van der Waals surface area contributed by atoms with Gasteiger partial charge in [-0.25, -0.2) is 0 Å². The lowest BCUT2D eigenvalue weighted by molar-refractivity contribution is -0.120. The van der Waals surface area contributed by atoms with Crippen molar-refractivity contribution in [2.24, 2.45) is 0 Å². The number of morpholine rings is 1. The van der Waals surface area contributed by atoms with Crippen LogP contribution in [-0.4, -0.2) is 31.7 Å². The molecule has 0 aromatic heterocycles. The van der Waals surface area contributed by atoms with Gasteiger partial charge in [0.25, 0.3) is 0 Å². The normalized spacial score (nSPS) is 17.7. The van der Waals surface area contributed by atoms with Crippen LogP contribution in [-0.2, 0) is 9.53 Å². The second kappa shape index (κ2) is 9.57. The van der Waals surface area contributed by atoms with Crippen LogP contribution >= 0.6 is 12.4 Å². The molecule has 0 saturated carbocycles. The molecule has 140 valence electrons. The number of halogens is 1. The van der Waals surface area contributed by atoms with Gasteiger partial charge in [0.05, 0.1) is 13.2 Å². The standard InChI is InChI=1S/C20H24N2O3.ClH/c1-14-12-17(25-15(2)16-6-4-3-5-7-16)8-9-18(14)22-20(23)19-13-24-11-10-21-19;/h3-9,12,15,19,21H,10-11,13H2,1-2H3,(H,22,23);1H. The number of ether oxygens (including phenoxy) is 2. The van der Waals surface area contributed by atoms with E-state index in [1.807, 2.05) is 62.4 Å². The first-order valence-electron chi connectivity index (χ1n) is 8.58. The van der Waals surface area contributed by atoms with E-state index in [9.17, 15) is 4.79 Å². The molecule has 2 atom stereocenters. The Labute approximate surface area is 160 Å². The van der Waals surface area contributed by atoms with Crippen LogP contribution in [0.2, 0.25) is 0 Å². The number of anilines is 1. The molecule has 6 heteroatoms. The predicted molar refractivity (Wildman–Crippen MR) is 105 cm³/mol. The van der Waals surface area contributed by atoms with E-state index in [-0.39, 0.29) is 30.5 Å². The van der Waals surface area contributed by atoms with Gasteiger partial charge in [0.15, 0.2) is 0 Å². The molecule has 0 aliphatic carbocycles. The minimum Gasteiger partial charge on any atom is -0.486 e. The fourth-order valence-corrected chi connectivity index (χ4v) is 2.80. The molecule has 1 heterocycles. The van der Waals surface area contributed by atoms with Gasteiger partial charge in [0.1, 0.15) is 17.9 Å². The molecular formula is C20H25ClN2O3. The maximum atomic E-state index is 12.3. The third-order valence-electron chi connectivity index (χ3n) is 4.28. The van der Waals surface area contributed by atoms with Crippen LogP contribution in [0.15, 0.2) is 48.5 Å². The highest BCUT2D eigenvalue weighted by molar-refractivity contribution is 5.95. The summed E-state index contributed by atoms with van der Waals surface area (Å²) in [6, 6.07) is 15.5. The molecule has 1 saturated heterocycles. The minimum atomic E-state index is -0.304. The lowest BCUT2D eigenvalue weighted by Gasteiger charge is -2.23. The number of benzene rings is 2. The molecule has 1 fully saturated rings. The molecule has 1 aliphatic heterocycles. The van der Waals surface area contributed by atoms with Crippen molar-refractivity contribution in [1.82, 2.24) is 5.32 Å². The van der Waals surface area contributed by atoms with Crippen molar-refractivity contribution >= 4 is 24.0 Å². The molecule has 5 nitrogen and oxygen atoms in total. The Kier molecular flexibility index (Phi) is 7.45. The third kappa shape index (κ3) is 5.21. The van der Waals surface area contributed by atoms with E-state index in [1.165, 1.54) is 0 Å². The number of hydrogen-bond donors (Lipinski definition) is 2. The van der Waals surface area contributed by atoms with Crippen molar-refractivity contribution in [3.05, 3.63) is 59.7 Å². The van der Waals surface area contributed by atoms with Gasteiger partial charge in [-0.1, -0.05) is 30.3 Å². The summed E-state index contributed by atoms with van der Waals surface area (Å²) < 4.78 is 11.3. The van der Waals surface area contributed by atoms with Crippen molar-refractivity contribution < 1.29 is 14.3 Å². The monoisotopic (exact) mass is 376 g/mol. The topological polar surface area (TPSA) is 59.6 Å². The van der Waals surface area contributed by atoms with Crippen LogP contribution in [0.4, 0.5) is 5.69 Å². The summed E-state index contributed by atoms with van der Waals surface area (Å²) in [5, 5.41) is 6.11. The zero-order valence-corrected chi connectivity index (χ0v) is 15.8. The number of aryl methyl sites for hydroxylation is 1. The fourth-order valence-electron chi connectivity index (χ4n) is 2.80. The van der Waals surface area contributed by atoms with E-state index in [0.29, 0.717) is 19.8 Å². The Bertz CT molecular complexity index is 718. The van der Waals surface area contributed by atoms with Crippen LogP contribution in [0.25, 0.3) is 0 Å². The minimum absolute atomic E-state index is 0. The van der Waals surface area contributed by atoms with Gasteiger partial charge < -0.3 is 20.1 Å². The van der Waals surface area contributed by atoms with Crippen molar-refractivity contribution in [1.29, 1.82) is 0 Å². The lowest BCUT2D eigenvalue weighted by Crippen LogP contribution is -2.48. The van der Waals surface area contributed by atoms with Crippen LogP contribution in [0.5, 0.6) is 5.75 Å². The zero-order chi connectivity index (χ0) is 17.6. The van der Waals surface area contributed by atoms with Crippen LogP contribution in [0.1, 0.15) is 24.2 Å². The van der Waals surface area contributed by atoms with E-state index in [1.54, 1.807) is 0 Å². The molecule has 1 aliphatic rings. The maximum Gasteiger partial charge on any atom is 0.243 e. The van der Waals surface area contributed by atoms with E-state index in [2.05, 4.69) is 10.6 Å². The predicted octanol–water partition coefficient (Wildman–Crippen LogP) is 3.48.